The molecule has 0 aliphatic heterocycles. The molecular formula is C12H18N2. The van der Waals surface area contributed by atoms with E-state index in [0.717, 1.165) is 24.8 Å². The monoisotopic (exact) mass is 190 g/mol. The van der Waals surface area contributed by atoms with Crippen LogP contribution in [0.2, 0.25) is 0 Å². The summed E-state index contributed by atoms with van der Waals surface area (Å²) in [5.74, 6) is 0. The van der Waals surface area contributed by atoms with Crippen LogP contribution in [-0.4, -0.2) is 0 Å². The van der Waals surface area contributed by atoms with Gasteiger partial charge in [-0.15, -0.1) is 0 Å². The van der Waals surface area contributed by atoms with Crippen LogP contribution in [0.4, 0.5) is 0 Å². The normalized spacial score (nSPS) is 9.93. The minimum atomic E-state index is 0.980. The molecule has 0 radical (unpaired) electrons. The van der Waals surface area contributed by atoms with E-state index in [-0.39, 0.29) is 0 Å². The van der Waals surface area contributed by atoms with Crippen molar-refractivity contribution in [3.63, 3.8) is 0 Å². The second-order valence-corrected chi connectivity index (χ2v) is 2.79. The van der Waals surface area contributed by atoms with Crippen molar-refractivity contribution in [2.45, 2.75) is 40.0 Å². The fourth-order valence-electron chi connectivity index (χ4n) is 0.515. The van der Waals surface area contributed by atoms with Crippen molar-refractivity contribution in [1.29, 1.82) is 10.5 Å². The highest BCUT2D eigenvalue weighted by atomic mass is 14.2. The molecule has 0 fully saturated rings. The van der Waals surface area contributed by atoms with Gasteiger partial charge in [0.05, 0.1) is 12.1 Å². The number of unbranched alkanes of at least 4 members (excludes halogenated alkanes) is 1. The Kier molecular flexibility index (Phi) is 15.0. The minimum Gasteiger partial charge on any atom is -0.193 e. The Morgan fingerprint density at radius 2 is 1.86 bits per heavy atom. The van der Waals surface area contributed by atoms with E-state index < -0.39 is 0 Å². The molecule has 0 saturated heterocycles. The molecule has 0 N–H and O–H groups in total. The van der Waals surface area contributed by atoms with Crippen molar-refractivity contribution in [3.8, 4) is 12.1 Å². The molecule has 0 bridgehead atoms. The molecule has 0 saturated carbocycles. The van der Waals surface area contributed by atoms with Crippen molar-refractivity contribution in [1.82, 2.24) is 0 Å². The summed E-state index contributed by atoms with van der Waals surface area (Å²) in [5, 5.41) is 16.0. The standard InChI is InChI=1S/2C6H9N/c1-3-6(2)4-5-7;1-2-3-4-5-6-7/h4H,3H2,1-2H3;4-5H,2-3H2,1H3. The average molecular weight is 190 g/mol. The van der Waals surface area contributed by atoms with Gasteiger partial charge < -0.3 is 0 Å². The van der Waals surface area contributed by atoms with Crippen LogP contribution in [0.3, 0.4) is 0 Å². The Balaban J connectivity index is 0. The van der Waals surface area contributed by atoms with Crippen LogP contribution >= 0.6 is 0 Å². The van der Waals surface area contributed by atoms with Gasteiger partial charge in [0.15, 0.2) is 0 Å². The first-order chi connectivity index (χ1) is 6.72. The van der Waals surface area contributed by atoms with E-state index in [1.54, 1.807) is 6.08 Å². The lowest BCUT2D eigenvalue weighted by molar-refractivity contribution is 0.959. The van der Waals surface area contributed by atoms with E-state index in [1.165, 1.54) is 6.08 Å². The second kappa shape index (κ2) is 14.0. The van der Waals surface area contributed by atoms with E-state index in [2.05, 4.69) is 6.92 Å². The number of nitrogens with zero attached hydrogens (tertiary/aromatic N) is 2. The third kappa shape index (κ3) is 16.8. The summed E-state index contributed by atoms with van der Waals surface area (Å²) in [6, 6.07) is 3.88. The Morgan fingerprint density at radius 3 is 2.14 bits per heavy atom. The molecule has 14 heavy (non-hydrogen) atoms. The predicted octanol–water partition coefficient (Wildman–Crippen LogP) is 3.73. The molecule has 0 rings (SSSR count). The van der Waals surface area contributed by atoms with Crippen LogP contribution in [0.1, 0.15) is 40.0 Å². The van der Waals surface area contributed by atoms with Crippen LogP contribution in [-0.2, 0) is 0 Å². The maximum absolute atomic E-state index is 8.04. The van der Waals surface area contributed by atoms with Gasteiger partial charge in [0.1, 0.15) is 0 Å². The molecule has 0 unspecified atom stereocenters. The van der Waals surface area contributed by atoms with Crippen LogP contribution < -0.4 is 0 Å². The van der Waals surface area contributed by atoms with Gasteiger partial charge in [-0.25, -0.2) is 0 Å². The molecule has 76 valence electrons. The molecule has 0 spiro atoms. The van der Waals surface area contributed by atoms with E-state index in [1.807, 2.05) is 32.1 Å². The lowest BCUT2D eigenvalue weighted by Gasteiger charge is -1.83. The highest BCUT2D eigenvalue weighted by Crippen LogP contribution is 1.94. The van der Waals surface area contributed by atoms with Gasteiger partial charge in [0, 0.05) is 12.2 Å². The number of rotatable bonds is 3. The van der Waals surface area contributed by atoms with Crippen LogP contribution in [0, 0.1) is 22.7 Å². The average Bonchev–Trinajstić information content (AvgIpc) is 2.20. The number of hydrogen-bond donors (Lipinski definition) is 0. The third-order valence-corrected chi connectivity index (χ3v) is 1.52. The first-order valence-corrected chi connectivity index (χ1v) is 4.82. The van der Waals surface area contributed by atoms with Gasteiger partial charge in [-0.05, 0) is 19.8 Å². The zero-order chi connectivity index (χ0) is 11.2. The fraction of sp³-hybridized carbons (Fsp3) is 0.500. The zero-order valence-corrected chi connectivity index (χ0v) is 9.25. The molecule has 0 aromatic carbocycles. The molecule has 0 aromatic rings. The summed E-state index contributed by atoms with van der Waals surface area (Å²) in [7, 11) is 0. The van der Waals surface area contributed by atoms with Crippen LogP contribution in [0.5, 0.6) is 0 Å². The molecule has 0 amide bonds. The third-order valence-electron chi connectivity index (χ3n) is 1.52. The highest BCUT2D eigenvalue weighted by molar-refractivity contribution is 5.10. The van der Waals surface area contributed by atoms with Crippen molar-refractivity contribution in [2.75, 3.05) is 0 Å². The van der Waals surface area contributed by atoms with E-state index in [4.69, 9.17) is 10.5 Å². The number of hydrogen-bond acceptors (Lipinski definition) is 2. The Hall–Kier alpha value is -1.54. The van der Waals surface area contributed by atoms with Crippen molar-refractivity contribution in [3.05, 3.63) is 23.8 Å². The number of allylic oxidation sites excluding steroid dienone is 4. The SMILES string of the molecule is CCC(C)=CC#N.CCCC=CC#N. The van der Waals surface area contributed by atoms with Gasteiger partial charge in [0.25, 0.3) is 0 Å². The molecule has 0 aliphatic rings. The van der Waals surface area contributed by atoms with E-state index in [0.29, 0.717) is 0 Å². The quantitative estimate of drug-likeness (QED) is 0.636. The highest BCUT2D eigenvalue weighted by Gasteiger charge is 1.76. The maximum atomic E-state index is 8.04. The van der Waals surface area contributed by atoms with Gasteiger partial charge in [-0.1, -0.05) is 31.9 Å². The summed E-state index contributed by atoms with van der Waals surface area (Å²) in [5.41, 5.74) is 1.14. The molecule has 2 nitrogen and oxygen atoms in total. The van der Waals surface area contributed by atoms with Gasteiger partial charge in [-0.3, -0.25) is 0 Å². The van der Waals surface area contributed by atoms with Gasteiger partial charge in [-0.2, -0.15) is 10.5 Å². The van der Waals surface area contributed by atoms with E-state index in [9.17, 15) is 0 Å². The Morgan fingerprint density at radius 1 is 1.21 bits per heavy atom. The smallest absolute Gasteiger partial charge is 0.0911 e. The Bertz CT molecular complexity index is 248. The predicted molar refractivity (Wildman–Crippen MR) is 59.3 cm³/mol. The largest absolute Gasteiger partial charge is 0.193 e. The van der Waals surface area contributed by atoms with Crippen LogP contribution in [0.25, 0.3) is 0 Å². The van der Waals surface area contributed by atoms with Crippen LogP contribution in [0.15, 0.2) is 23.8 Å². The molecule has 0 atom stereocenters. The number of nitriles is 2. The molecular weight excluding hydrogens is 172 g/mol. The lowest BCUT2D eigenvalue weighted by Crippen LogP contribution is -1.65. The second-order valence-electron chi connectivity index (χ2n) is 2.79. The Labute approximate surface area is 87.2 Å². The van der Waals surface area contributed by atoms with Gasteiger partial charge >= 0.3 is 0 Å². The summed E-state index contributed by atoms with van der Waals surface area (Å²) < 4.78 is 0. The maximum Gasteiger partial charge on any atom is 0.0911 e. The topological polar surface area (TPSA) is 47.6 Å². The summed E-state index contributed by atoms with van der Waals surface area (Å²) in [6.45, 7) is 6.06. The molecule has 0 aromatic heterocycles. The van der Waals surface area contributed by atoms with Crippen molar-refractivity contribution < 1.29 is 0 Å². The minimum absolute atomic E-state index is 0.980. The summed E-state index contributed by atoms with van der Waals surface area (Å²) >= 11 is 0. The molecule has 0 aliphatic carbocycles. The zero-order valence-electron chi connectivity index (χ0n) is 9.25. The van der Waals surface area contributed by atoms with Gasteiger partial charge in [0.2, 0.25) is 0 Å². The lowest BCUT2D eigenvalue weighted by atomic mass is 10.2. The van der Waals surface area contributed by atoms with E-state index >= 15 is 0 Å². The summed E-state index contributed by atoms with van der Waals surface area (Å²) in [4.78, 5) is 0. The van der Waals surface area contributed by atoms with Crippen molar-refractivity contribution >= 4 is 0 Å². The fourth-order valence-corrected chi connectivity index (χ4v) is 0.515. The molecule has 0 heterocycles. The first-order valence-electron chi connectivity index (χ1n) is 4.82. The molecule has 2 heteroatoms. The summed E-state index contributed by atoms with van der Waals surface area (Å²) in [6.07, 6.45) is 8.09. The van der Waals surface area contributed by atoms with Crippen molar-refractivity contribution in [2.24, 2.45) is 0 Å². The first kappa shape index (κ1) is 15.0.